The second-order valence-corrected chi connectivity index (χ2v) is 9.26. The number of nitrogens with zero attached hydrogens (tertiary/aromatic N) is 2. The SMILES string of the molecule is CCC(C(=O)NC)N(Cc1ccc(OC)cc1)C(=O)CN(c1ccccc1OC)S(C)(=O)=O. The molecule has 0 radical (unpaired) electrons. The van der Waals surface area contributed by atoms with Gasteiger partial charge in [0, 0.05) is 13.6 Å². The first-order valence-corrected chi connectivity index (χ1v) is 12.3. The fourth-order valence-electron chi connectivity index (χ4n) is 3.44. The van der Waals surface area contributed by atoms with Gasteiger partial charge < -0.3 is 19.7 Å². The third-order valence-corrected chi connectivity index (χ3v) is 6.30. The maximum absolute atomic E-state index is 13.5. The van der Waals surface area contributed by atoms with Crippen LogP contribution in [0.2, 0.25) is 0 Å². The third kappa shape index (κ3) is 6.61. The van der Waals surface area contributed by atoms with Gasteiger partial charge in [-0.3, -0.25) is 13.9 Å². The molecule has 2 amide bonds. The maximum Gasteiger partial charge on any atom is 0.244 e. The number of carbonyl (C=O) groups excluding carboxylic acids is 2. The number of ether oxygens (including phenoxy) is 2. The highest BCUT2D eigenvalue weighted by atomic mass is 32.2. The Bertz CT molecular complexity index is 1060. The molecule has 0 aromatic heterocycles. The van der Waals surface area contributed by atoms with E-state index in [2.05, 4.69) is 5.32 Å². The maximum atomic E-state index is 13.5. The van der Waals surface area contributed by atoms with Crippen molar-refractivity contribution in [2.24, 2.45) is 0 Å². The summed E-state index contributed by atoms with van der Waals surface area (Å²) in [7, 11) is 0.651. The van der Waals surface area contributed by atoms with Gasteiger partial charge in [0.05, 0.1) is 26.2 Å². The summed E-state index contributed by atoms with van der Waals surface area (Å²) >= 11 is 0. The van der Waals surface area contributed by atoms with Crippen molar-refractivity contribution < 1.29 is 27.5 Å². The zero-order chi connectivity index (χ0) is 24.6. The molecule has 0 bridgehead atoms. The first-order chi connectivity index (χ1) is 15.7. The standard InChI is InChI=1S/C23H31N3O6S/c1-6-19(23(28)24-2)25(15-17-11-13-18(31-3)14-12-17)22(27)16-26(33(5,29)30)20-9-7-8-10-21(20)32-4/h7-14,19H,6,15-16H2,1-5H3,(H,24,28). The van der Waals surface area contributed by atoms with Crippen molar-refractivity contribution in [3.63, 3.8) is 0 Å². The van der Waals surface area contributed by atoms with Gasteiger partial charge in [-0.15, -0.1) is 0 Å². The Labute approximate surface area is 195 Å². The highest BCUT2D eigenvalue weighted by Gasteiger charge is 2.32. The van der Waals surface area contributed by atoms with E-state index in [1.807, 2.05) is 0 Å². The van der Waals surface area contributed by atoms with Gasteiger partial charge in [0.1, 0.15) is 24.1 Å². The van der Waals surface area contributed by atoms with Gasteiger partial charge in [-0.2, -0.15) is 0 Å². The summed E-state index contributed by atoms with van der Waals surface area (Å²) in [4.78, 5) is 27.4. The van der Waals surface area contributed by atoms with Crippen LogP contribution in [0.15, 0.2) is 48.5 Å². The van der Waals surface area contributed by atoms with Crippen LogP contribution in [0.4, 0.5) is 5.69 Å². The summed E-state index contributed by atoms with van der Waals surface area (Å²) in [6.07, 6.45) is 1.38. The van der Waals surface area contributed by atoms with E-state index in [1.165, 1.54) is 19.1 Å². The lowest BCUT2D eigenvalue weighted by Gasteiger charge is -2.32. The van der Waals surface area contributed by atoms with E-state index in [-0.39, 0.29) is 18.1 Å². The summed E-state index contributed by atoms with van der Waals surface area (Å²) in [5.74, 6) is 0.130. The second kappa shape index (κ2) is 11.6. The van der Waals surface area contributed by atoms with Crippen LogP contribution < -0.4 is 19.1 Å². The number of likely N-dealkylation sites (N-methyl/N-ethyl adjacent to an activating group) is 1. The van der Waals surface area contributed by atoms with E-state index in [4.69, 9.17) is 9.47 Å². The molecule has 1 atom stereocenters. The van der Waals surface area contributed by atoms with Crippen molar-refractivity contribution in [2.75, 3.05) is 38.4 Å². The summed E-state index contributed by atoms with van der Waals surface area (Å²) < 4.78 is 36.7. The van der Waals surface area contributed by atoms with Crippen LogP contribution in [0, 0.1) is 0 Å². The molecule has 9 nitrogen and oxygen atoms in total. The molecule has 1 unspecified atom stereocenters. The summed E-state index contributed by atoms with van der Waals surface area (Å²) in [6, 6.07) is 12.9. The minimum Gasteiger partial charge on any atom is -0.497 e. The first-order valence-electron chi connectivity index (χ1n) is 10.4. The molecule has 10 heteroatoms. The molecule has 0 heterocycles. The number of hydrogen-bond donors (Lipinski definition) is 1. The summed E-state index contributed by atoms with van der Waals surface area (Å²) in [5.41, 5.74) is 1.02. The van der Waals surface area contributed by atoms with Crippen LogP contribution in [0.5, 0.6) is 11.5 Å². The molecule has 0 saturated heterocycles. The molecule has 2 aromatic carbocycles. The van der Waals surface area contributed by atoms with Crippen molar-refractivity contribution in [1.82, 2.24) is 10.2 Å². The van der Waals surface area contributed by atoms with Gasteiger partial charge in [0.15, 0.2) is 0 Å². The molecule has 2 aromatic rings. The van der Waals surface area contributed by atoms with Crippen LogP contribution in [0.3, 0.4) is 0 Å². The second-order valence-electron chi connectivity index (χ2n) is 7.35. The number of methoxy groups -OCH3 is 2. The van der Waals surface area contributed by atoms with Crippen LogP contribution in [-0.4, -0.2) is 65.2 Å². The quantitative estimate of drug-likeness (QED) is 0.531. The fraction of sp³-hybridized carbons (Fsp3) is 0.391. The zero-order valence-corrected chi connectivity index (χ0v) is 20.4. The van der Waals surface area contributed by atoms with Crippen molar-refractivity contribution in [1.29, 1.82) is 0 Å². The number of hydrogen-bond acceptors (Lipinski definition) is 6. The Morgan fingerprint density at radius 3 is 2.18 bits per heavy atom. The highest BCUT2D eigenvalue weighted by Crippen LogP contribution is 2.29. The van der Waals surface area contributed by atoms with Crippen molar-refractivity contribution in [3.8, 4) is 11.5 Å². The van der Waals surface area contributed by atoms with E-state index >= 15 is 0 Å². The van der Waals surface area contributed by atoms with Crippen LogP contribution in [0.1, 0.15) is 18.9 Å². The smallest absolute Gasteiger partial charge is 0.244 e. The first kappa shape index (κ1) is 26.0. The Morgan fingerprint density at radius 1 is 1.03 bits per heavy atom. The zero-order valence-electron chi connectivity index (χ0n) is 19.6. The topological polar surface area (TPSA) is 105 Å². The monoisotopic (exact) mass is 477 g/mol. The van der Waals surface area contributed by atoms with E-state index in [1.54, 1.807) is 62.6 Å². The number of carbonyl (C=O) groups is 2. The highest BCUT2D eigenvalue weighted by molar-refractivity contribution is 7.92. The fourth-order valence-corrected chi connectivity index (χ4v) is 4.30. The molecule has 33 heavy (non-hydrogen) atoms. The van der Waals surface area contributed by atoms with Gasteiger partial charge in [-0.1, -0.05) is 31.2 Å². The molecule has 0 spiro atoms. The number of nitrogens with one attached hydrogen (secondary N) is 1. The van der Waals surface area contributed by atoms with Crippen LogP contribution in [0.25, 0.3) is 0 Å². The van der Waals surface area contributed by atoms with Crippen molar-refractivity contribution in [2.45, 2.75) is 25.9 Å². The van der Waals surface area contributed by atoms with Gasteiger partial charge in [0.25, 0.3) is 0 Å². The Kier molecular flexibility index (Phi) is 9.10. The average Bonchev–Trinajstić information content (AvgIpc) is 2.81. The van der Waals surface area contributed by atoms with E-state index in [0.717, 1.165) is 16.1 Å². The van der Waals surface area contributed by atoms with E-state index < -0.39 is 28.5 Å². The van der Waals surface area contributed by atoms with Crippen molar-refractivity contribution in [3.05, 3.63) is 54.1 Å². The molecule has 0 fully saturated rings. The predicted molar refractivity (Wildman–Crippen MR) is 127 cm³/mol. The summed E-state index contributed by atoms with van der Waals surface area (Å²) in [5, 5.41) is 2.58. The number of amides is 2. The lowest BCUT2D eigenvalue weighted by atomic mass is 10.1. The van der Waals surface area contributed by atoms with E-state index in [0.29, 0.717) is 17.9 Å². The molecule has 0 aliphatic carbocycles. The number of para-hydroxylation sites is 2. The molecule has 0 saturated carbocycles. The lowest BCUT2D eigenvalue weighted by Crippen LogP contribution is -2.51. The largest absolute Gasteiger partial charge is 0.497 e. The minimum atomic E-state index is -3.83. The van der Waals surface area contributed by atoms with Gasteiger partial charge in [-0.25, -0.2) is 8.42 Å². The predicted octanol–water partition coefficient (Wildman–Crippen LogP) is 2.02. The number of sulfonamides is 1. The molecule has 0 aliphatic heterocycles. The average molecular weight is 478 g/mol. The Morgan fingerprint density at radius 2 is 1.67 bits per heavy atom. The minimum absolute atomic E-state index is 0.123. The molecular weight excluding hydrogens is 446 g/mol. The normalized spacial score (nSPS) is 11.9. The number of anilines is 1. The van der Waals surface area contributed by atoms with Gasteiger partial charge >= 0.3 is 0 Å². The molecule has 2 rings (SSSR count). The van der Waals surface area contributed by atoms with Crippen LogP contribution in [-0.2, 0) is 26.2 Å². The number of rotatable bonds is 11. The molecule has 0 aliphatic rings. The molecule has 180 valence electrons. The van der Waals surface area contributed by atoms with Gasteiger partial charge in [-0.05, 0) is 36.2 Å². The molecular formula is C23H31N3O6S. The third-order valence-electron chi connectivity index (χ3n) is 5.18. The molecule has 1 N–H and O–H groups in total. The lowest BCUT2D eigenvalue weighted by molar-refractivity contribution is -0.140. The Balaban J connectivity index is 2.45. The number of benzene rings is 2. The van der Waals surface area contributed by atoms with Crippen LogP contribution >= 0.6 is 0 Å². The van der Waals surface area contributed by atoms with Gasteiger partial charge in [0.2, 0.25) is 21.8 Å². The Hall–Kier alpha value is -3.27. The summed E-state index contributed by atoms with van der Waals surface area (Å²) in [6.45, 7) is 1.43. The van der Waals surface area contributed by atoms with E-state index in [9.17, 15) is 18.0 Å². The van der Waals surface area contributed by atoms with Crippen molar-refractivity contribution >= 4 is 27.5 Å².